The van der Waals surface area contributed by atoms with Crippen LogP contribution in [0.1, 0.15) is 5.56 Å². The first-order chi connectivity index (χ1) is 11.7. The van der Waals surface area contributed by atoms with Gasteiger partial charge in [0.15, 0.2) is 0 Å². The molecule has 24 heavy (non-hydrogen) atoms. The highest BCUT2D eigenvalue weighted by atomic mass is 16.5. The molecular formula is C17H21N3O4. The molecular weight excluding hydrogens is 310 g/mol. The van der Waals surface area contributed by atoms with E-state index in [-0.39, 0.29) is 6.03 Å². The third kappa shape index (κ3) is 5.77. The molecule has 1 aromatic heterocycles. The van der Waals surface area contributed by atoms with Crippen molar-refractivity contribution >= 4 is 11.7 Å². The van der Waals surface area contributed by atoms with Crippen molar-refractivity contribution in [3.8, 4) is 11.6 Å². The summed E-state index contributed by atoms with van der Waals surface area (Å²) >= 11 is 0. The maximum Gasteiger partial charge on any atom is 0.319 e. The Morgan fingerprint density at radius 2 is 1.88 bits per heavy atom. The molecule has 2 aromatic rings. The van der Waals surface area contributed by atoms with Gasteiger partial charge in [0.25, 0.3) is 0 Å². The van der Waals surface area contributed by atoms with Gasteiger partial charge in [-0.1, -0.05) is 12.1 Å². The summed E-state index contributed by atoms with van der Waals surface area (Å²) in [6.45, 7) is 1.46. The zero-order chi connectivity index (χ0) is 17.2. The normalized spacial score (nSPS) is 10.1. The number of nitrogens with one attached hydrogen (secondary N) is 2. The van der Waals surface area contributed by atoms with Crippen molar-refractivity contribution in [1.29, 1.82) is 0 Å². The lowest BCUT2D eigenvalue weighted by Gasteiger charge is -2.09. The van der Waals surface area contributed by atoms with E-state index in [1.807, 2.05) is 24.3 Å². The number of ether oxygens (including phenoxy) is 3. The van der Waals surface area contributed by atoms with Gasteiger partial charge in [0.1, 0.15) is 12.4 Å². The number of urea groups is 1. The van der Waals surface area contributed by atoms with Crippen LogP contribution in [0.3, 0.4) is 0 Å². The van der Waals surface area contributed by atoms with Gasteiger partial charge in [-0.25, -0.2) is 9.78 Å². The SMILES string of the molecule is COCCOc1ccc(CNC(=O)Nc2ccc(OC)nc2)cc1. The van der Waals surface area contributed by atoms with Gasteiger partial charge in [-0.05, 0) is 23.8 Å². The molecule has 0 spiro atoms. The van der Waals surface area contributed by atoms with Gasteiger partial charge in [-0.15, -0.1) is 0 Å². The Bertz CT molecular complexity index is 629. The molecule has 0 saturated carbocycles. The van der Waals surface area contributed by atoms with Crippen molar-refractivity contribution in [2.24, 2.45) is 0 Å². The van der Waals surface area contributed by atoms with Crippen LogP contribution in [-0.2, 0) is 11.3 Å². The van der Waals surface area contributed by atoms with Gasteiger partial charge in [-0.2, -0.15) is 0 Å². The van der Waals surface area contributed by atoms with Crippen LogP contribution < -0.4 is 20.1 Å². The standard InChI is InChI=1S/C17H21N3O4/c1-22-9-10-24-15-6-3-13(4-7-15)11-19-17(21)20-14-5-8-16(23-2)18-12-14/h3-8,12H,9-11H2,1-2H3,(H2,19,20,21). The number of hydrogen-bond donors (Lipinski definition) is 2. The molecule has 0 atom stereocenters. The molecule has 0 aliphatic rings. The van der Waals surface area contributed by atoms with Gasteiger partial charge in [-0.3, -0.25) is 0 Å². The van der Waals surface area contributed by atoms with Gasteiger partial charge in [0, 0.05) is 19.7 Å². The molecule has 7 heteroatoms. The van der Waals surface area contributed by atoms with Gasteiger partial charge < -0.3 is 24.8 Å². The predicted octanol–water partition coefficient (Wildman–Crippen LogP) is 2.44. The Morgan fingerprint density at radius 3 is 2.50 bits per heavy atom. The first kappa shape index (κ1) is 17.6. The maximum absolute atomic E-state index is 11.9. The van der Waals surface area contributed by atoms with Crippen LogP contribution in [0.4, 0.5) is 10.5 Å². The molecule has 0 bridgehead atoms. The lowest BCUT2D eigenvalue weighted by Crippen LogP contribution is -2.28. The minimum absolute atomic E-state index is 0.303. The van der Waals surface area contributed by atoms with E-state index in [0.29, 0.717) is 31.3 Å². The fourth-order valence-corrected chi connectivity index (χ4v) is 1.88. The highest BCUT2D eigenvalue weighted by Crippen LogP contribution is 2.13. The van der Waals surface area contributed by atoms with Gasteiger partial charge in [0.2, 0.25) is 5.88 Å². The first-order valence-electron chi connectivity index (χ1n) is 7.47. The predicted molar refractivity (Wildman–Crippen MR) is 90.5 cm³/mol. The van der Waals surface area contributed by atoms with Crippen molar-refractivity contribution in [3.05, 3.63) is 48.2 Å². The third-order valence-electron chi connectivity index (χ3n) is 3.14. The molecule has 0 saturated heterocycles. The zero-order valence-corrected chi connectivity index (χ0v) is 13.7. The summed E-state index contributed by atoms with van der Waals surface area (Å²) in [6.07, 6.45) is 1.53. The Balaban J connectivity index is 1.76. The molecule has 2 amide bonds. The summed E-state index contributed by atoms with van der Waals surface area (Å²) in [5, 5.41) is 5.48. The van der Waals surface area contributed by atoms with Crippen molar-refractivity contribution < 1.29 is 19.0 Å². The second kappa shape index (κ2) is 9.36. The summed E-state index contributed by atoms with van der Waals surface area (Å²) in [4.78, 5) is 15.9. The molecule has 0 aliphatic heterocycles. The topological polar surface area (TPSA) is 81.7 Å². The van der Waals surface area contributed by atoms with E-state index in [9.17, 15) is 4.79 Å². The van der Waals surface area contributed by atoms with Crippen LogP contribution in [0.15, 0.2) is 42.6 Å². The summed E-state index contributed by atoms with van der Waals surface area (Å²) in [7, 11) is 3.17. The molecule has 0 aliphatic carbocycles. The van der Waals surface area contributed by atoms with Crippen molar-refractivity contribution in [2.45, 2.75) is 6.54 Å². The number of pyridine rings is 1. The molecule has 0 radical (unpaired) electrons. The number of benzene rings is 1. The van der Waals surface area contributed by atoms with Crippen molar-refractivity contribution in [2.75, 3.05) is 32.8 Å². The molecule has 1 heterocycles. The van der Waals surface area contributed by atoms with E-state index in [1.54, 1.807) is 19.2 Å². The minimum Gasteiger partial charge on any atom is -0.491 e. The molecule has 2 rings (SSSR count). The van der Waals surface area contributed by atoms with E-state index in [1.165, 1.54) is 13.3 Å². The number of amides is 2. The van der Waals surface area contributed by atoms with Crippen molar-refractivity contribution in [3.63, 3.8) is 0 Å². The minimum atomic E-state index is -0.303. The van der Waals surface area contributed by atoms with Crippen LogP contribution >= 0.6 is 0 Å². The molecule has 1 aromatic carbocycles. The van der Waals surface area contributed by atoms with Crippen LogP contribution in [-0.4, -0.2) is 38.4 Å². The fraction of sp³-hybridized carbons (Fsp3) is 0.294. The second-order valence-corrected chi connectivity index (χ2v) is 4.88. The summed E-state index contributed by atoms with van der Waals surface area (Å²) in [6, 6.07) is 10.6. The Kier molecular flexibility index (Phi) is 6.85. The number of nitrogens with zero attached hydrogens (tertiary/aromatic N) is 1. The van der Waals surface area contributed by atoms with Crippen LogP contribution in [0, 0.1) is 0 Å². The van der Waals surface area contributed by atoms with E-state index >= 15 is 0 Å². The number of rotatable bonds is 8. The molecule has 7 nitrogen and oxygen atoms in total. The Morgan fingerprint density at radius 1 is 1.08 bits per heavy atom. The van der Waals surface area contributed by atoms with Crippen LogP contribution in [0.2, 0.25) is 0 Å². The van der Waals surface area contributed by atoms with Crippen LogP contribution in [0.25, 0.3) is 0 Å². The van der Waals surface area contributed by atoms with Gasteiger partial charge >= 0.3 is 6.03 Å². The van der Waals surface area contributed by atoms with E-state index in [0.717, 1.165) is 11.3 Å². The summed E-state index contributed by atoms with van der Waals surface area (Å²) in [5.41, 5.74) is 1.56. The number of methoxy groups -OCH3 is 2. The van der Waals surface area contributed by atoms with E-state index in [2.05, 4.69) is 15.6 Å². The molecule has 0 unspecified atom stereocenters. The highest BCUT2D eigenvalue weighted by Gasteiger charge is 2.03. The molecule has 0 fully saturated rings. The monoisotopic (exact) mass is 331 g/mol. The van der Waals surface area contributed by atoms with Gasteiger partial charge in [0.05, 0.1) is 25.6 Å². The maximum atomic E-state index is 11.9. The number of anilines is 1. The lowest BCUT2D eigenvalue weighted by atomic mass is 10.2. The lowest BCUT2D eigenvalue weighted by molar-refractivity contribution is 0.146. The van der Waals surface area contributed by atoms with Crippen molar-refractivity contribution in [1.82, 2.24) is 10.3 Å². The number of carbonyl (C=O) groups excluding carboxylic acids is 1. The Hall–Kier alpha value is -2.80. The highest BCUT2D eigenvalue weighted by molar-refractivity contribution is 5.88. The second-order valence-electron chi connectivity index (χ2n) is 4.88. The molecule has 2 N–H and O–H groups in total. The number of hydrogen-bond acceptors (Lipinski definition) is 5. The average molecular weight is 331 g/mol. The third-order valence-corrected chi connectivity index (χ3v) is 3.14. The van der Waals surface area contributed by atoms with E-state index < -0.39 is 0 Å². The largest absolute Gasteiger partial charge is 0.491 e. The van der Waals surface area contributed by atoms with Crippen LogP contribution in [0.5, 0.6) is 11.6 Å². The average Bonchev–Trinajstić information content (AvgIpc) is 2.62. The molecule has 128 valence electrons. The summed E-state index contributed by atoms with van der Waals surface area (Å²) in [5.74, 6) is 1.26. The number of aromatic nitrogens is 1. The quantitative estimate of drug-likeness (QED) is 0.726. The smallest absolute Gasteiger partial charge is 0.319 e. The Labute approximate surface area is 140 Å². The number of carbonyl (C=O) groups is 1. The van der Waals surface area contributed by atoms with E-state index in [4.69, 9.17) is 14.2 Å². The zero-order valence-electron chi connectivity index (χ0n) is 13.7. The first-order valence-corrected chi connectivity index (χ1v) is 7.47. The fourth-order valence-electron chi connectivity index (χ4n) is 1.88. The summed E-state index contributed by atoms with van der Waals surface area (Å²) < 4.78 is 15.4.